The van der Waals surface area contributed by atoms with Gasteiger partial charge in [-0.3, -0.25) is 9.59 Å². The van der Waals surface area contributed by atoms with E-state index in [9.17, 15) is 9.59 Å². The predicted molar refractivity (Wildman–Crippen MR) is 53.3 cm³/mol. The Hall–Kier alpha value is -1.58. The summed E-state index contributed by atoms with van der Waals surface area (Å²) >= 11 is 0. The summed E-state index contributed by atoms with van der Waals surface area (Å²) in [4.78, 5) is 21.3. The Bertz CT molecular complexity index is 322. The third-order valence-corrected chi connectivity index (χ3v) is 2.26. The monoisotopic (exact) mass is 227 g/mol. The highest BCUT2D eigenvalue weighted by Crippen LogP contribution is 2.25. The summed E-state index contributed by atoms with van der Waals surface area (Å²) in [6.07, 6.45) is 5.28. The van der Waals surface area contributed by atoms with E-state index in [4.69, 9.17) is 21.4 Å². The molecule has 1 aliphatic rings. The molecule has 3 N–H and O–H groups in total. The molecule has 0 saturated heterocycles. The molecule has 0 spiro atoms. The summed E-state index contributed by atoms with van der Waals surface area (Å²) in [6.45, 7) is -0.539. The van der Waals surface area contributed by atoms with E-state index < -0.39 is 24.4 Å². The van der Waals surface area contributed by atoms with Crippen LogP contribution < -0.4 is 5.32 Å². The van der Waals surface area contributed by atoms with Crippen molar-refractivity contribution in [1.82, 2.24) is 5.32 Å². The van der Waals surface area contributed by atoms with Gasteiger partial charge >= 0.3 is 5.97 Å². The van der Waals surface area contributed by atoms with Crippen molar-refractivity contribution < 1.29 is 24.5 Å². The summed E-state index contributed by atoms with van der Waals surface area (Å²) in [5.41, 5.74) is 0. The minimum Gasteiger partial charge on any atom is -0.481 e. The van der Waals surface area contributed by atoms with Crippen LogP contribution in [0.25, 0.3) is 0 Å². The minimum atomic E-state index is -1.10. The van der Waals surface area contributed by atoms with Gasteiger partial charge in [-0.25, -0.2) is 0 Å². The molecule has 3 unspecified atom stereocenters. The van der Waals surface area contributed by atoms with Crippen LogP contribution >= 0.6 is 0 Å². The van der Waals surface area contributed by atoms with Crippen LogP contribution in [0.4, 0.5) is 0 Å². The normalized spacial score (nSPS) is 24.2. The van der Waals surface area contributed by atoms with Gasteiger partial charge in [-0.2, -0.15) is 0 Å². The molecule has 0 aromatic heterocycles. The van der Waals surface area contributed by atoms with Gasteiger partial charge in [0.1, 0.15) is 5.92 Å². The zero-order chi connectivity index (χ0) is 12.1. The van der Waals surface area contributed by atoms with Crippen molar-refractivity contribution in [2.24, 2.45) is 5.92 Å². The molecule has 0 aliphatic heterocycles. The van der Waals surface area contributed by atoms with Crippen LogP contribution in [0.2, 0.25) is 0 Å². The van der Waals surface area contributed by atoms with Crippen molar-refractivity contribution in [2.75, 3.05) is 13.2 Å². The van der Waals surface area contributed by atoms with E-state index >= 15 is 0 Å². The first-order chi connectivity index (χ1) is 7.58. The summed E-state index contributed by atoms with van der Waals surface area (Å²) in [7, 11) is 0. The van der Waals surface area contributed by atoms with Gasteiger partial charge in [0, 0.05) is 0 Å². The molecule has 3 atom stereocenters. The van der Waals surface area contributed by atoms with E-state index in [2.05, 4.69) is 5.32 Å². The van der Waals surface area contributed by atoms with E-state index in [1.165, 1.54) is 0 Å². The molecule has 1 saturated carbocycles. The molecule has 1 fully saturated rings. The minimum absolute atomic E-state index is 0.0705. The van der Waals surface area contributed by atoms with E-state index in [1.54, 1.807) is 0 Å². The number of carbonyl (C=O) groups excluding carboxylic acids is 1. The number of aliphatic carboxylic acids is 1. The van der Waals surface area contributed by atoms with Crippen LogP contribution in [0.15, 0.2) is 0 Å². The van der Waals surface area contributed by atoms with Crippen molar-refractivity contribution in [3.63, 3.8) is 0 Å². The number of nitrogens with one attached hydrogen (secondary N) is 1. The van der Waals surface area contributed by atoms with Gasteiger partial charge in [-0.05, 0) is 12.3 Å². The molecule has 0 aromatic carbocycles. The average molecular weight is 227 g/mol. The van der Waals surface area contributed by atoms with Gasteiger partial charge in [0.15, 0.2) is 0 Å². The van der Waals surface area contributed by atoms with Gasteiger partial charge < -0.3 is 20.3 Å². The molecule has 16 heavy (non-hydrogen) atoms. The van der Waals surface area contributed by atoms with Crippen LogP contribution in [-0.4, -0.2) is 47.4 Å². The van der Waals surface area contributed by atoms with Crippen LogP contribution in [0.1, 0.15) is 6.42 Å². The number of carboxylic acids is 1. The smallest absolute Gasteiger partial charge is 0.311 e. The molecule has 0 bridgehead atoms. The van der Waals surface area contributed by atoms with Gasteiger partial charge in [0.25, 0.3) is 5.91 Å². The molecule has 1 rings (SSSR count). The van der Waals surface area contributed by atoms with Crippen molar-refractivity contribution in [3.8, 4) is 12.3 Å². The lowest BCUT2D eigenvalue weighted by Gasteiger charge is -2.09. The fourth-order valence-electron chi connectivity index (χ4n) is 1.16. The number of aliphatic hydroxyl groups is 1. The van der Waals surface area contributed by atoms with E-state index in [1.807, 2.05) is 5.92 Å². The largest absolute Gasteiger partial charge is 0.481 e. The first kappa shape index (κ1) is 12.5. The maximum Gasteiger partial charge on any atom is 0.311 e. The topological polar surface area (TPSA) is 95.9 Å². The Morgan fingerprint density at radius 3 is 2.81 bits per heavy atom. The Kier molecular flexibility index (Phi) is 4.28. The first-order valence-corrected chi connectivity index (χ1v) is 4.80. The number of amides is 1. The van der Waals surface area contributed by atoms with Crippen molar-refractivity contribution in [2.45, 2.75) is 18.6 Å². The first-order valence-electron chi connectivity index (χ1n) is 4.80. The second-order valence-corrected chi connectivity index (χ2v) is 3.55. The van der Waals surface area contributed by atoms with Crippen molar-refractivity contribution in [3.05, 3.63) is 0 Å². The van der Waals surface area contributed by atoms with Crippen molar-refractivity contribution >= 4 is 11.9 Å². The van der Waals surface area contributed by atoms with Crippen LogP contribution in [0.5, 0.6) is 0 Å². The number of aliphatic hydroxyl groups excluding tert-OH is 1. The SMILES string of the molecule is C#CC(=O)NC1CC1OCC(CO)C(=O)O. The fraction of sp³-hybridized carbons (Fsp3) is 0.600. The molecule has 0 heterocycles. The van der Waals surface area contributed by atoms with E-state index in [0.717, 1.165) is 0 Å². The molecule has 0 aromatic rings. The predicted octanol–water partition coefficient (Wildman–Crippen LogP) is -1.41. The van der Waals surface area contributed by atoms with Crippen molar-refractivity contribution in [1.29, 1.82) is 0 Å². The Morgan fingerprint density at radius 2 is 2.31 bits per heavy atom. The molecule has 88 valence electrons. The standard InChI is InChI=1S/C10H13NO5/c1-2-9(13)11-7-3-8(7)16-5-6(4-12)10(14)15/h1,6-8,12H,3-5H2,(H,11,13)(H,14,15). The van der Waals surface area contributed by atoms with Crippen LogP contribution in [-0.2, 0) is 14.3 Å². The number of carbonyl (C=O) groups is 2. The zero-order valence-corrected chi connectivity index (χ0v) is 8.55. The van der Waals surface area contributed by atoms with Gasteiger partial charge in [-0.15, -0.1) is 6.42 Å². The third-order valence-electron chi connectivity index (χ3n) is 2.26. The number of hydrogen-bond donors (Lipinski definition) is 3. The van der Waals surface area contributed by atoms with E-state index in [-0.39, 0.29) is 18.8 Å². The molecule has 1 aliphatic carbocycles. The quantitative estimate of drug-likeness (QED) is 0.484. The lowest BCUT2D eigenvalue weighted by molar-refractivity contribution is -0.145. The van der Waals surface area contributed by atoms with Crippen LogP contribution in [0.3, 0.4) is 0 Å². The maximum atomic E-state index is 10.8. The maximum absolute atomic E-state index is 10.8. The summed E-state index contributed by atoms with van der Waals surface area (Å²) in [6, 6.07) is -0.142. The number of carboxylic acid groups (broad SMARTS) is 1. The van der Waals surface area contributed by atoms with Crippen LogP contribution in [0, 0.1) is 18.3 Å². The Labute approximate surface area is 92.6 Å². The van der Waals surface area contributed by atoms with Gasteiger partial charge in [0.2, 0.25) is 0 Å². The molecular weight excluding hydrogens is 214 g/mol. The Balaban J connectivity index is 2.20. The van der Waals surface area contributed by atoms with E-state index in [0.29, 0.717) is 6.42 Å². The molecule has 0 radical (unpaired) electrons. The number of ether oxygens (including phenoxy) is 1. The Morgan fingerprint density at radius 1 is 1.62 bits per heavy atom. The molecule has 6 heteroatoms. The zero-order valence-electron chi connectivity index (χ0n) is 8.55. The summed E-state index contributed by atoms with van der Waals surface area (Å²) < 4.78 is 5.20. The molecule has 1 amide bonds. The second kappa shape index (κ2) is 5.49. The lowest BCUT2D eigenvalue weighted by Crippen LogP contribution is -2.28. The summed E-state index contributed by atoms with van der Waals surface area (Å²) in [5, 5.41) is 19.9. The highest BCUT2D eigenvalue weighted by atomic mass is 16.5. The number of rotatable bonds is 6. The summed E-state index contributed by atoms with van der Waals surface area (Å²) in [5.74, 6) is -0.626. The average Bonchev–Trinajstić information content (AvgIpc) is 2.97. The number of hydrogen-bond acceptors (Lipinski definition) is 4. The number of terminal acetylenes is 1. The second-order valence-electron chi connectivity index (χ2n) is 3.55. The fourth-order valence-corrected chi connectivity index (χ4v) is 1.16. The van der Waals surface area contributed by atoms with Gasteiger partial charge in [0.05, 0.1) is 25.4 Å². The highest BCUT2D eigenvalue weighted by molar-refractivity contribution is 5.93. The van der Waals surface area contributed by atoms with Gasteiger partial charge in [-0.1, -0.05) is 0 Å². The lowest BCUT2D eigenvalue weighted by atomic mass is 10.2. The molecular formula is C10H13NO5. The highest BCUT2D eigenvalue weighted by Gasteiger charge is 2.40. The molecule has 6 nitrogen and oxygen atoms in total. The third kappa shape index (κ3) is 3.53.